The second kappa shape index (κ2) is 15.7. The molecule has 11 nitrogen and oxygen atoms in total. The topological polar surface area (TPSA) is 130 Å². The van der Waals surface area contributed by atoms with Crippen molar-refractivity contribution in [1.29, 1.82) is 0 Å². The number of benzene rings is 2. The number of likely N-dealkylation sites (tertiary alicyclic amines) is 1. The van der Waals surface area contributed by atoms with Gasteiger partial charge in [0.15, 0.2) is 18.4 Å². The number of fused-ring (bicyclic) bond motifs is 4. The Balaban J connectivity index is 1.05. The number of halogens is 2. The van der Waals surface area contributed by atoms with Gasteiger partial charge in [0.05, 0.1) is 23.4 Å². The van der Waals surface area contributed by atoms with E-state index in [4.69, 9.17) is 42.3 Å². The summed E-state index contributed by atoms with van der Waals surface area (Å²) in [6, 6.07) is 12.0. The van der Waals surface area contributed by atoms with Crippen LogP contribution in [0.1, 0.15) is 70.9 Å². The largest absolute Gasteiger partial charge is 0.454 e. The van der Waals surface area contributed by atoms with E-state index in [0.717, 1.165) is 56.5 Å². The number of anilines is 1. The fraction of sp³-hybridized carbons (Fsp3) is 0.610. The number of hydroxylamine groups is 1. The molecule has 294 valence electrons. The maximum absolute atomic E-state index is 14.2. The summed E-state index contributed by atoms with van der Waals surface area (Å²) in [6.07, 6.45) is 2.66. The number of carbonyl (C=O) groups is 2. The Bertz CT molecular complexity index is 1740. The minimum Gasteiger partial charge on any atom is -0.454 e. The van der Waals surface area contributed by atoms with Crippen LogP contribution >= 0.6 is 23.2 Å². The first-order chi connectivity index (χ1) is 25.7. The molecule has 2 aliphatic carbocycles. The Labute approximate surface area is 327 Å². The van der Waals surface area contributed by atoms with Gasteiger partial charge in [-0.05, 0) is 79.7 Å². The summed E-state index contributed by atoms with van der Waals surface area (Å²) in [7, 11) is 1.69. The molecule has 2 aromatic carbocycles. The fourth-order valence-corrected chi connectivity index (χ4v) is 10.2. The number of carbonyl (C=O) groups excluding carboxylic acids is 2. The summed E-state index contributed by atoms with van der Waals surface area (Å²) in [5, 5.41) is 30.6. The fourth-order valence-electron chi connectivity index (χ4n) is 9.76. The molecule has 54 heavy (non-hydrogen) atoms. The second-order valence-corrected chi connectivity index (χ2v) is 17.1. The van der Waals surface area contributed by atoms with Gasteiger partial charge in [0, 0.05) is 56.5 Å². The number of hydrogen-bond donors (Lipinski definition) is 3. The smallest absolute Gasteiger partial charge is 0.323 e. The third-order valence-corrected chi connectivity index (χ3v) is 13.3. The van der Waals surface area contributed by atoms with Crippen molar-refractivity contribution in [2.75, 3.05) is 31.7 Å². The molecule has 0 spiro atoms. The van der Waals surface area contributed by atoms with Crippen molar-refractivity contribution in [3.8, 4) is 0 Å². The predicted octanol–water partition coefficient (Wildman–Crippen LogP) is 5.76. The number of aliphatic hydroxyl groups is 2. The zero-order valence-corrected chi connectivity index (χ0v) is 33.2. The van der Waals surface area contributed by atoms with Gasteiger partial charge in [-0.15, -0.1) is 0 Å². The van der Waals surface area contributed by atoms with Crippen molar-refractivity contribution < 1.29 is 38.9 Å². The van der Waals surface area contributed by atoms with Gasteiger partial charge in [-0.3, -0.25) is 24.8 Å². The van der Waals surface area contributed by atoms with Gasteiger partial charge < -0.3 is 29.3 Å². The first-order valence-corrected chi connectivity index (χ1v) is 20.0. The first-order valence-electron chi connectivity index (χ1n) is 19.2. The van der Waals surface area contributed by atoms with Crippen molar-refractivity contribution in [3.05, 3.63) is 75.3 Å². The molecule has 0 bridgehead atoms. The third kappa shape index (κ3) is 7.43. The van der Waals surface area contributed by atoms with Gasteiger partial charge in [-0.2, -0.15) is 0 Å². The highest BCUT2D eigenvalue weighted by Gasteiger charge is 2.62. The summed E-state index contributed by atoms with van der Waals surface area (Å²) < 4.78 is 18.4. The van der Waals surface area contributed by atoms with E-state index in [9.17, 15) is 19.8 Å². The molecule has 0 radical (unpaired) electrons. The van der Waals surface area contributed by atoms with Crippen LogP contribution in [0, 0.1) is 23.7 Å². The Hall–Kier alpha value is -2.74. The summed E-state index contributed by atoms with van der Waals surface area (Å²) in [5.74, 6) is -1.47. The van der Waals surface area contributed by atoms with Crippen molar-refractivity contribution in [3.63, 3.8) is 0 Å². The molecule has 7 rings (SSSR count). The van der Waals surface area contributed by atoms with Gasteiger partial charge in [0.25, 0.3) is 0 Å². The number of nitrogens with one attached hydrogen (secondary N) is 1. The van der Waals surface area contributed by atoms with Crippen molar-refractivity contribution in [2.24, 2.45) is 23.7 Å². The number of ether oxygens (including phenoxy) is 3. The zero-order chi connectivity index (χ0) is 38.5. The van der Waals surface area contributed by atoms with Gasteiger partial charge in [0.1, 0.15) is 17.2 Å². The lowest BCUT2D eigenvalue weighted by molar-refractivity contribution is -0.225. The van der Waals surface area contributed by atoms with Crippen LogP contribution in [0.25, 0.3) is 0 Å². The lowest BCUT2D eigenvalue weighted by Crippen LogP contribution is -2.66. The van der Waals surface area contributed by atoms with E-state index in [1.54, 1.807) is 25.2 Å². The van der Waals surface area contributed by atoms with Crippen LogP contribution in [0.3, 0.4) is 0 Å². The van der Waals surface area contributed by atoms with E-state index in [-0.39, 0.29) is 36.2 Å². The average Bonchev–Trinajstić information content (AvgIpc) is 3.48. The van der Waals surface area contributed by atoms with Crippen LogP contribution in [-0.2, 0) is 40.8 Å². The maximum atomic E-state index is 14.2. The highest BCUT2D eigenvalue weighted by molar-refractivity contribution is 6.33. The minimum atomic E-state index is -1.57. The van der Waals surface area contributed by atoms with Gasteiger partial charge in [-0.25, -0.2) is 0 Å². The molecule has 3 fully saturated rings. The van der Waals surface area contributed by atoms with Gasteiger partial charge >= 0.3 is 11.9 Å². The first kappa shape index (κ1) is 39.5. The Kier molecular flexibility index (Phi) is 11.5. The Morgan fingerprint density at radius 1 is 1.06 bits per heavy atom. The summed E-state index contributed by atoms with van der Waals surface area (Å²) in [4.78, 5) is 35.1. The molecule has 10 atom stereocenters. The van der Waals surface area contributed by atoms with Crippen LogP contribution in [0.2, 0.25) is 10.0 Å². The molecular weight excluding hydrogens is 733 g/mol. The standard InChI is InChI=1S/C41H53Cl2N3O8/c1-23-19-32-30(24(2)21-46-17-15-29(16-18-46)51-22-27-10-12-28(42)13-11-27)14-9-25(3)41(32,50)37(36(23)52-26(4)47)53-38(48)34-20-40(49)31-7-6-8-33(43)35(31)45(5)54-39(40)44-34/h6-8,10-13,19,24-25,29-30,32,34,36-37,39,44,49-50H,9,14-18,20-22H2,1-5H3/t24?,25-,30+,32-,34+,36-,37+,39-,40-,41-/m1/s1. The number of rotatable bonds is 9. The normalized spacial score (nSPS) is 34.6. The Morgan fingerprint density at radius 3 is 2.48 bits per heavy atom. The lowest BCUT2D eigenvalue weighted by Gasteiger charge is -2.56. The SMILES string of the molecule is CC(=O)O[C@@H]1C(C)=C[C@@H]2[C@H](C(C)CN3CCC(OCc4ccc(Cl)cc4)CC3)CC[C@@H](C)[C@]2(O)[C@H]1OC(=O)[C@@H]1C[C@@]2(O)c3cccc(Cl)c3N(C)O[C@H]2N1. The number of para-hydroxylation sites is 1. The minimum absolute atomic E-state index is 0.0443. The van der Waals surface area contributed by atoms with E-state index >= 15 is 0 Å². The van der Waals surface area contributed by atoms with E-state index < -0.39 is 47.6 Å². The summed E-state index contributed by atoms with van der Waals surface area (Å²) in [6.45, 7) is 10.7. The molecule has 0 aromatic heterocycles. The van der Waals surface area contributed by atoms with E-state index in [1.807, 2.05) is 38.1 Å². The monoisotopic (exact) mass is 785 g/mol. The summed E-state index contributed by atoms with van der Waals surface area (Å²) in [5.41, 5.74) is -0.160. The van der Waals surface area contributed by atoms with E-state index in [0.29, 0.717) is 27.9 Å². The predicted molar refractivity (Wildman–Crippen MR) is 205 cm³/mol. The molecule has 3 heterocycles. The molecule has 3 aliphatic heterocycles. The van der Waals surface area contributed by atoms with E-state index in [1.165, 1.54) is 12.0 Å². The van der Waals surface area contributed by atoms with Gasteiger partial charge in [-0.1, -0.05) is 67.4 Å². The molecule has 5 aliphatic rings. The Morgan fingerprint density at radius 2 is 1.78 bits per heavy atom. The highest BCUT2D eigenvalue weighted by Crippen LogP contribution is 2.53. The molecule has 1 unspecified atom stereocenters. The van der Waals surface area contributed by atoms with Crippen molar-refractivity contribution in [2.45, 2.75) is 108 Å². The van der Waals surface area contributed by atoms with Crippen molar-refractivity contribution in [1.82, 2.24) is 10.2 Å². The number of piperidine rings is 1. The second-order valence-electron chi connectivity index (χ2n) is 16.2. The molecule has 2 saturated heterocycles. The highest BCUT2D eigenvalue weighted by atomic mass is 35.5. The zero-order valence-electron chi connectivity index (χ0n) is 31.7. The number of esters is 2. The average molecular weight is 787 g/mol. The van der Waals surface area contributed by atoms with Crippen LogP contribution < -0.4 is 10.4 Å². The van der Waals surface area contributed by atoms with Crippen LogP contribution in [0.15, 0.2) is 54.1 Å². The molecule has 13 heteroatoms. The van der Waals surface area contributed by atoms with Gasteiger partial charge in [0.2, 0.25) is 0 Å². The number of hydrogen-bond acceptors (Lipinski definition) is 11. The van der Waals surface area contributed by atoms with Crippen LogP contribution in [0.4, 0.5) is 5.69 Å². The third-order valence-electron chi connectivity index (χ3n) is 12.7. The van der Waals surface area contributed by atoms with E-state index in [2.05, 4.69) is 23.2 Å². The number of nitrogens with zero attached hydrogens (tertiary/aromatic N) is 2. The molecule has 0 amide bonds. The molecule has 1 saturated carbocycles. The molecule has 2 aromatic rings. The molecular formula is C41H53Cl2N3O8. The quantitative estimate of drug-likeness (QED) is 0.212. The van der Waals surface area contributed by atoms with Crippen LogP contribution in [0.5, 0.6) is 0 Å². The molecule has 3 N–H and O–H groups in total. The maximum Gasteiger partial charge on any atom is 0.323 e. The van der Waals surface area contributed by atoms with Crippen molar-refractivity contribution >= 4 is 40.8 Å². The summed E-state index contributed by atoms with van der Waals surface area (Å²) >= 11 is 12.5. The lowest BCUT2D eigenvalue weighted by atomic mass is 9.55. The van der Waals surface area contributed by atoms with Crippen LogP contribution in [-0.4, -0.2) is 89.9 Å².